The van der Waals surface area contributed by atoms with Gasteiger partial charge in [0.25, 0.3) is 0 Å². The minimum absolute atomic E-state index is 0.563. The fraction of sp³-hybridized carbons (Fsp3) is 0.0667. The molecule has 0 bridgehead atoms. The zero-order valence-corrected chi connectivity index (χ0v) is 11.0. The van der Waals surface area contributed by atoms with Gasteiger partial charge < -0.3 is 5.32 Å². The van der Waals surface area contributed by atoms with Gasteiger partial charge in [-0.15, -0.1) is 0 Å². The van der Waals surface area contributed by atoms with Crippen molar-refractivity contribution in [1.29, 1.82) is 0 Å². The van der Waals surface area contributed by atoms with Crippen molar-refractivity contribution in [2.75, 3.05) is 5.32 Å². The average molecular weight is 263 g/mol. The molecule has 0 fully saturated rings. The summed E-state index contributed by atoms with van der Waals surface area (Å²) in [5, 5.41) is 3.14. The molecule has 3 heterocycles. The second-order valence-corrected chi connectivity index (χ2v) is 4.27. The summed E-state index contributed by atoms with van der Waals surface area (Å²) in [5.41, 5.74) is 3.60. The van der Waals surface area contributed by atoms with Crippen LogP contribution in [-0.2, 0) is 0 Å². The lowest BCUT2D eigenvalue weighted by Gasteiger charge is -2.08. The number of anilines is 2. The van der Waals surface area contributed by atoms with Crippen LogP contribution in [0.15, 0.2) is 55.1 Å². The van der Waals surface area contributed by atoms with Crippen LogP contribution < -0.4 is 5.32 Å². The van der Waals surface area contributed by atoms with Crippen LogP contribution in [0, 0.1) is 6.92 Å². The zero-order valence-electron chi connectivity index (χ0n) is 11.0. The van der Waals surface area contributed by atoms with Gasteiger partial charge in [-0.1, -0.05) is 6.07 Å². The molecule has 3 aromatic heterocycles. The first kappa shape index (κ1) is 12.2. The highest BCUT2D eigenvalue weighted by Crippen LogP contribution is 2.20. The number of nitrogens with one attached hydrogen (secondary N) is 1. The van der Waals surface area contributed by atoms with E-state index in [0.717, 1.165) is 22.6 Å². The van der Waals surface area contributed by atoms with Crippen LogP contribution in [0.25, 0.3) is 11.3 Å². The third-order valence-corrected chi connectivity index (χ3v) is 2.86. The molecule has 0 saturated heterocycles. The second-order valence-electron chi connectivity index (χ2n) is 4.27. The molecule has 5 nitrogen and oxygen atoms in total. The van der Waals surface area contributed by atoms with E-state index in [-0.39, 0.29) is 0 Å². The van der Waals surface area contributed by atoms with Crippen LogP contribution in [0.4, 0.5) is 11.6 Å². The van der Waals surface area contributed by atoms with E-state index in [9.17, 15) is 0 Å². The Labute approximate surface area is 116 Å². The normalized spacial score (nSPS) is 10.2. The number of aromatic nitrogens is 4. The summed E-state index contributed by atoms with van der Waals surface area (Å²) < 4.78 is 0. The zero-order chi connectivity index (χ0) is 13.8. The molecule has 0 saturated carbocycles. The maximum Gasteiger partial charge on any atom is 0.227 e. The summed E-state index contributed by atoms with van der Waals surface area (Å²) in [6.07, 6.45) is 6.99. The largest absolute Gasteiger partial charge is 0.324 e. The average Bonchev–Trinajstić information content (AvgIpc) is 2.49. The second kappa shape index (κ2) is 5.44. The Hall–Kier alpha value is -2.82. The molecule has 0 aliphatic carbocycles. The van der Waals surface area contributed by atoms with Crippen molar-refractivity contribution < 1.29 is 0 Å². The van der Waals surface area contributed by atoms with Gasteiger partial charge >= 0.3 is 0 Å². The molecule has 0 spiro atoms. The molecule has 0 atom stereocenters. The van der Waals surface area contributed by atoms with E-state index in [0.29, 0.717) is 5.95 Å². The maximum atomic E-state index is 4.46. The topological polar surface area (TPSA) is 63.6 Å². The highest BCUT2D eigenvalue weighted by Gasteiger charge is 2.06. The quantitative estimate of drug-likeness (QED) is 0.787. The first-order valence-corrected chi connectivity index (χ1v) is 6.25. The smallest absolute Gasteiger partial charge is 0.227 e. The first-order chi connectivity index (χ1) is 9.83. The SMILES string of the molecule is Cc1nc(Nc2ccncc2)ncc1-c1ccccn1. The van der Waals surface area contributed by atoms with Crippen molar-refractivity contribution in [3.63, 3.8) is 0 Å². The molecular weight excluding hydrogens is 250 g/mol. The Morgan fingerprint density at radius 2 is 1.80 bits per heavy atom. The van der Waals surface area contributed by atoms with E-state index < -0.39 is 0 Å². The summed E-state index contributed by atoms with van der Waals surface area (Å²) in [4.78, 5) is 17.1. The van der Waals surface area contributed by atoms with Gasteiger partial charge in [0, 0.05) is 36.0 Å². The third-order valence-electron chi connectivity index (χ3n) is 2.86. The van der Waals surface area contributed by atoms with Crippen molar-refractivity contribution >= 4 is 11.6 Å². The highest BCUT2D eigenvalue weighted by molar-refractivity contribution is 5.62. The Morgan fingerprint density at radius 1 is 0.950 bits per heavy atom. The number of pyridine rings is 2. The summed E-state index contributed by atoms with van der Waals surface area (Å²) in [6.45, 7) is 1.95. The summed E-state index contributed by atoms with van der Waals surface area (Å²) >= 11 is 0. The van der Waals surface area contributed by atoms with Gasteiger partial charge in [-0.2, -0.15) is 0 Å². The number of hydrogen-bond acceptors (Lipinski definition) is 5. The van der Waals surface area contributed by atoms with Crippen molar-refractivity contribution in [2.45, 2.75) is 6.92 Å². The standard InChI is InChI=1S/C15H13N5/c1-11-13(14-4-2-3-7-17-14)10-18-15(19-11)20-12-5-8-16-9-6-12/h2-10H,1H3,(H,16,18,19,20). The lowest BCUT2D eigenvalue weighted by molar-refractivity contribution is 1.10. The third kappa shape index (κ3) is 2.61. The Balaban J connectivity index is 1.88. The molecule has 0 radical (unpaired) electrons. The van der Waals surface area contributed by atoms with Crippen molar-refractivity contribution in [3.05, 3.63) is 60.8 Å². The number of rotatable bonds is 3. The molecule has 3 rings (SSSR count). The van der Waals surface area contributed by atoms with Crippen LogP contribution in [0.5, 0.6) is 0 Å². The minimum Gasteiger partial charge on any atom is -0.324 e. The molecule has 0 aliphatic heterocycles. The Morgan fingerprint density at radius 3 is 2.50 bits per heavy atom. The van der Waals surface area contributed by atoms with Crippen LogP contribution >= 0.6 is 0 Å². The predicted octanol–water partition coefficient (Wildman–Crippen LogP) is 2.99. The van der Waals surface area contributed by atoms with Gasteiger partial charge in [-0.3, -0.25) is 9.97 Å². The molecule has 98 valence electrons. The number of hydrogen-bond donors (Lipinski definition) is 1. The van der Waals surface area contributed by atoms with E-state index in [2.05, 4.69) is 25.3 Å². The molecule has 20 heavy (non-hydrogen) atoms. The van der Waals surface area contributed by atoms with Gasteiger partial charge in [0.05, 0.1) is 11.4 Å². The minimum atomic E-state index is 0.563. The van der Waals surface area contributed by atoms with E-state index >= 15 is 0 Å². The van der Waals surface area contributed by atoms with Crippen molar-refractivity contribution in [3.8, 4) is 11.3 Å². The first-order valence-electron chi connectivity index (χ1n) is 6.25. The number of aryl methyl sites for hydroxylation is 1. The van der Waals surface area contributed by atoms with E-state index in [1.54, 1.807) is 24.8 Å². The molecule has 0 aromatic carbocycles. The molecule has 0 amide bonds. The van der Waals surface area contributed by atoms with Crippen LogP contribution in [-0.4, -0.2) is 19.9 Å². The summed E-state index contributed by atoms with van der Waals surface area (Å²) in [7, 11) is 0. The molecule has 1 N–H and O–H groups in total. The lowest BCUT2D eigenvalue weighted by atomic mass is 10.1. The van der Waals surface area contributed by atoms with E-state index in [4.69, 9.17) is 0 Å². The monoisotopic (exact) mass is 263 g/mol. The van der Waals surface area contributed by atoms with Gasteiger partial charge in [0.15, 0.2) is 0 Å². The molecule has 0 unspecified atom stereocenters. The van der Waals surface area contributed by atoms with E-state index in [1.807, 2.05) is 37.3 Å². The fourth-order valence-electron chi connectivity index (χ4n) is 1.87. The van der Waals surface area contributed by atoms with Gasteiger partial charge in [0.1, 0.15) is 0 Å². The van der Waals surface area contributed by atoms with Crippen LogP contribution in [0.3, 0.4) is 0 Å². The van der Waals surface area contributed by atoms with E-state index in [1.165, 1.54) is 0 Å². The Kier molecular flexibility index (Phi) is 3.33. The molecule has 5 heteroatoms. The van der Waals surface area contributed by atoms with Gasteiger partial charge in [0.2, 0.25) is 5.95 Å². The van der Waals surface area contributed by atoms with Crippen LogP contribution in [0.2, 0.25) is 0 Å². The molecular formula is C15H13N5. The summed E-state index contributed by atoms with van der Waals surface area (Å²) in [5.74, 6) is 0.563. The maximum absolute atomic E-state index is 4.46. The van der Waals surface area contributed by atoms with Crippen molar-refractivity contribution in [2.24, 2.45) is 0 Å². The number of nitrogens with zero attached hydrogens (tertiary/aromatic N) is 4. The lowest BCUT2D eigenvalue weighted by Crippen LogP contribution is -2.00. The molecule has 3 aromatic rings. The molecule has 0 aliphatic rings. The fourth-order valence-corrected chi connectivity index (χ4v) is 1.87. The van der Waals surface area contributed by atoms with Crippen molar-refractivity contribution in [1.82, 2.24) is 19.9 Å². The van der Waals surface area contributed by atoms with Crippen LogP contribution in [0.1, 0.15) is 5.69 Å². The Bertz CT molecular complexity index is 698. The van der Waals surface area contributed by atoms with Gasteiger partial charge in [-0.05, 0) is 31.2 Å². The predicted molar refractivity (Wildman–Crippen MR) is 77.5 cm³/mol. The summed E-state index contributed by atoms with van der Waals surface area (Å²) in [6, 6.07) is 9.52. The van der Waals surface area contributed by atoms with Gasteiger partial charge in [-0.25, -0.2) is 9.97 Å². The highest BCUT2D eigenvalue weighted by atomic mass is 15.1.